The number of ether oxygens (including phenoxy) is 1. The summed E-state index contributed by atoms with van der Waals surface area (Å²) in [6, 6.07) is 19.9. The molecular formula is C16H18O2. The van der Waals surface area contributed by atoms with Gasteiger partial charge in [0, 0.05) is 12.5 Å². The van der Waals surface area contributed by atoms with Gasteiger partial charge in [0.1, 0.15) is 5.75 Å². The van der Waals surface area contributed by atoms with Crippen molar-refractivity contribution < 1.29 is 9.84 Å². The first-order chi connectivity index (χ1) is 8.88. The zero-order valence-electron chi connectivity index (χ0n) is 10.3. The van der Waals surface area contributed by atoms with Gasteiger partial charge in [-0.3, -0.25) is 0 Å². The van der Waals surface area contributed by atoms with Crippen LogP contribution in [0.15, 0.2) is 60.7 Å². The predicted octanol–water partition coefficient (Wildman–Crippen LogP) is 2.92. The fraction of sp³-hybridized carbons (Fsp3) is 0.250. The standard InChI is InChI=1S/C16H18O2/c17-12-15(11-14-7-3-1-4-8-14)13-18-16-9-5-2-6-10-16/h1-10,15,17H,11-13H2/t15-/m0/s1. The van der Waals surface area contributed by atoms with Gasteiger partial charge in [-0.2, -0.15) is 0 Å². The second-order valence-corrected chi connectivity index (χ2v) is 4.36. The van der Waals surface area contributed by atoms with E-state index in [2.05, 4.69) is 12.1 Å². The summed E-state index contributed by atoms with van der Waals surface area (Å²) < 4.78 is 5.67. The van der Waals surface area contributed by atoms with Gasteiger partial charge in [-0.15, -0.1) is 0 Å². The van der Waals surface area contributed by atoms with Crippen molar-refractivity contribution in [2.75, 3.05) is 13.2 Å². The predicted molar refractivity (Wildman–Crippen MR) is 72.7 cm³/mol. The largest absolute Gasteiger partial charge is 0.493 e. The zero-order chi connectivity index (χ0) is 12.6. The maximum Gasteiger partial charge on any atom is 0.119 e. The molecule has 2 aromatic rings. The molecule has 1 atom stereocenters. The second kappa shape index (κ2) is 6.82. The number of para-hydroxylation sites is 1. The number of hydrogen-bond donors (Lipinski definition) is 1. The van der Waals surface area contributed by atoms with Gasteiger partial charge in [0.15, 0.2) is 0 Å². The second-order valence-electron chi connectivity index (χ2n) is 4.36. The van der Waals surface area contributed by atoms with Gasteiger partial charge in [0.2, 0.25) is 0 Å². The van der Waals surface area contributed by atoms with Crippen LogP contribution in [0.3, 0.4) is 0 Å². The average Bonchev–Trinajstić information content (AvgIpc) is 2.45. The van der Waals surface area contributed by atoms with E-state index in [9.17, 15) is 5.11 Å². The quantitative estimate of drug-likeness (QED) is 0.844. The van der Waals surface area contributed by atoms with Crippen molar-refractivity contribution in [3.05, 3.63) is 66.2 Å². The van der Waals surface area contributed by atoms with Gasteiger partial charge in [-0.1, -0.05) is 48.5 Å². The molecule has 0 heterocycles. The Morgan fingerprint density at radius 1 is 0.889 bits per heavy atom. The summed E-state index contributed by atoms with van der Waals surface area (Å²) in [7, 11) is 0. The fourth-order valence-corrected chi connectivity index (χ4v) is 1.85. The van der Waals surface area contributed by atoms with E-state index < -0.39 is 0 Å². The van der Waals surface area contributed by atoms with Crippen molar-refractivity contribution >= 4 is 0 Å². The zero-order valence-corrected chi connectivity index (χ0v) is 10.3. The number of aliphatic hydroxyl groups is 1. The third kappa shape index (κ3) is 3.90. The molecule has 0 radical (unpaired) electrons. The van der Waals surface area contributed by atoms with Gasteiger partial charge in [0.05, 0.1) is 6.61 Å². The molecule has 0 fully saturated rings. The molecule has 0 aliphatic carbocycles. The molecule has 18 heavy (non-hydrogen) atoms. The Morgan fingerprint density at radius 3 is 2.11 bits per heavy atom. The van der Waals surface area contributed by atoms with Crippen LogP contribution >= 0.6 is 0 Å². The lowest BCUT2D eigenvalue weighted by Crippen LogP contribution is -2.18. The van der Waals surface area contributed by atoms with Gasteiger partial charge < -0.3 is 9.84 Å². The topological polar surface area (TPSA) is 29.5 Å². The van der Waals surface area contributed by atoms with Gasteiger partial charge in [-0.05, 0) is 24.1 Å². The van der Waals surface area contributed by atoms with Gasteiger partial charge in [-0.25, -0.2) is 0 Å². The first kappa shape index (κ1) is 12.7. The van der Waals surface area contributed by atoms with E-state index in [4.69, 9.17) is 4.74 Å². The fourth-order valence-electron chi connectivity index (χ4n) is 1.85. The van der Waals surface area contributed by atoms with Gasteiger partial charge in [0.25, 0.3) is 0 Å². The summed E-state index contributed by atoms with van der Waals surface area (Å²) in [6.07, 6.45) is 0.837. The van der Waals surface area contributed by atoms with Gasteiger partial charge >= 0.3 is 0 Å². The average molecular weight is 242 g/mol. The Kier molecular flexibility index (Phi) is 4.79. The highest BCUT2D eigenvalue weighted by atomic mass is 16.5. The Hall–Kier alpha value is -1.80. The summed E-state index contributed by atoms with van der Waals surface area (Å²) in [6.45, 7) is 0.678. The summed E-state index contributed by atoms with van der Waals surface area (Å²) in [4.78, 5) is 0. The van der Waals surface area contributed by atoms with Crippen LogP contribution < -0.4 is 4.74 Å². The Morgan fingerprint density at radius 2 is 1.50 bits per heavy atom. The van der Waals surface area contributed by atoms with Crippen LogP contribution in [-0.2, 0) is 6.42 Å². The van der Waals surface area contributed by atoms with Crippen molar-refractivity contribution in [2.24, 2.45) is 5.92 Å². The highest BCUT2D eigenvalue weighted by Crippen LogP contribution is 2.13. The molecule has 2 rings (SSSR count). The third-order valence-corrected chi connectivity index (χ3v) is 2.85. The molecule has 1 N–H and O–H groups in total. The van der Waals surface area contributed by atoms with Crippen LogP contribution in [-0.4, -0.2) is 18.3 Å². The van der Waals surface area contributed by atoms with E-state index in [1.807, 2.05) is 48.5 Å². The summed E-state index contributed by atoms with van der Waals surface area (Å²) >= 11 is 0. The molecule has 0 saturated carbocycles. The molecule has 0 saturated heterocycles. The molecule has 0 unspecified atom stereocenters. The van der Waals surface area contributed by atoms with Crippen molar-refractivity contribution in [2.45, 2.75) is 6.42 Å². The molecule has 2 nitrogen and oxygen atoms in total. The molecule has 2 heteroatoms. The maximum atomic E-state index is 9.39. The summed E-state index contributed by atoms with van der Waals surface area (Å²) in [5, 5.41) is 9.39. The lowest BCUT2D eigenvalue weighted by molar-refractivity contribution is 0.162. The van der Waals surface area contributed by atoms with Crippen LogP contribution in [0.5, 0.6) is 5.75 Å². The molecule has 0 aliphatic heterocycles. The highest BCUT2D eigenvalue weighted by Gasteiger charge is 2.09. The Balaban J connectivity index is 1.86. The number of rotatable bonds is 6. The van der Waals surface area contributed by atoms with E-state index in [0.717, 1.165) is 12.2 Å². The molecule has 0 spiro atoms. The molecule has 0 aromatic heterocycles. The first-order valence-corrected chi connectivity index (χ1v) is 6.21. The number of aliphatic hydroxyl groups excluding tert-OH is 1. The summed E-state index contributed by atoms with van der Waals surface area (Å²) in [5.74, 6) is 0.983. The minimum absolute atomic E-state index is 0.132. The van der Waals surface area contributed by atoms with Crippen molar-refractivity contribution in [3.63, 3.8) is 0 Å². The Labute approximate surface area is 108 Å². The normalized spacial score (nSPS) is 12.1. The maximum absolute atomic E-state index is 9.39. The minimum Gasteiger partial charge on any atom is -0.493 e. The highest BCUT2D eigenvalue weighted by molar-refractivity contribution is 5.21. The van der Waals surface area contributed by atoms with E-state index in [-0.39, 0.29) is 12.5 Å². The molecule has 2 aromatic carbocycles. The van der Waals surface area contributed by atoms with Crippen LogP contribution in [0, 0.1) is 5.92 Å². The van der Waals surface area contributed by atoms with E-state index in [0.29, 0.717) is 6.61 Å². The Bertz CT molecular complexity index is 439. The molecule has 94 valence electrons. The minimum atomic E-state index is 0.132. The molecule has 0 bridgehead atoms. The molecule has 0 aliphatic rings. The van der Waals surface area contributed by atoms with E-state index in [1.54, 1.807) is 0 Å². The number of hydrogen-bond acceptors (Lipinski definition) is 2. The lowest BCUT2D eigenvalue weighted by Gasteiger charge is -2.15. The SMILES string of the molecule is OC[C@@H](COc1ccccc1)Cc1ccccc1. The van der Waals surface area contributed by atoms with Crippen molar-refractivity contribution in [1.82, 2.24) is 0 Å². The van der Waals surface area contributed by atoms with Crippen LogP contribution in [0.25, 0.3) is 0 Å². The van der Waals surface area contributed by atoms with E-state index in [1.165, 1.54) is 5.56 Å². The van der Waals surface area contributed by atoms with Crippen LogP contribution in [0.1, 0.15) is 5.56 Å². The smallest absolute Gasteiger partial charge is 0.119 e. The van der Waals surface area contributed by atoms with Crippen LogP contribution in [0.4, 0.5) is 0 Å². The molecule has 0 amide bonds. The summed E-state index contributed by atoms with van der Waals surface area (Å²) in [5.41, 5.74) is 1.23. The van der Waals surface area contributed by atoms with Crippen LogP contribution in [0.2, 0.25) is 0 Å². The van der Waals surface area contributed by atoms with Crippen molar-refractivity contribution in [1.29, 1.82) is 0 Å². The lowest BCUT2D eigenvalue weighted by atomic mass is 10.0. The monoisotopic (exact) mass is 242 g/mol. The molecular weight excluding hydrogens is 224 g/mol. The van der Waals surface area contributed by atoms with Crippen molar-refractivity contribution in [3.8, 4) is 5.75 Å². The van der Waals surface area contributed by atoms with E-state index >= 15 is 0 Å². The first-order valence-electron chi connectivity index (χ1n) is 6.21. The third-order valence-electron chi connectivity index (χ3n) is 2.85. The number of benzene rings is 2.